The lowest BCUT2D eigenvalue weighted by Crippen LogP contribution is -2.46. The molecule has 1 aromatic rings. The van der Waals surface area contributed by atoms with Gasteiger partial charge in [-0.05, 0) is 38.4 Å². The summed E-state index contributed by atoms with van der Waals surface area (Å²) in [6, 6.07) is 1.99. The van der Waals surface area contributed by atoms with Gasteiger partial charge in [-0.3, -0.25) is 4.79 Å². The molecule has 2 atom stereocenters. The number of hydrogen-bond acceptors (Lipinski definition) is 2. The Balaban J connectivity index is 2.09. The van der Waals surface area contributed by atoms with Crippen molar-refractivity contribution < 1.29 is 13.6 Å². The van der Waals surface area contributed by atoms with Crippen LogP contribution in [0.4, 0.5) is 8.78 Å². The van der Waals surface area contributed by atoms with Crippen molar-refractivity contribution in [2.75, 3.05) is 6.54 Å². The van der Waals surface area contributed by atoms with Gasteiger partial charge in [0.25, 0.3) is 5.91 Å². The predicted octanol–water partition coefficient (Wildman–Crippen LogP) is 2.49. The van der Waals surface area contributed by atoms with Crippen LogP contribution in [0.15, 0.2) is 12.1 Å². The molecular formula is C13H15ClF2N2O. The molecule has 1 saturated heterocycles. The minimum atomic E-state index is -1.08. The van der Waals surface area contributed by atoms with Crippen LogP contribution >= 0.6 is 11.6 Å². The normalized spacial score (nSPS) is 23.2. The summed E-state index contributed by atoms with van der Waals surface area (Å²) >= 11 is 5.76. The fourth-order valence-corrected chi connectivity index (χ4v) is 2.46. The average molecular weight is 289 g/mol. The van der Waals surface area contributed by atoms with Crippen molar-refractivity contribution in [2.45, 2.75) is 31.8 Å². The predicted molar refractivity (Wildman–Crippen MR) is 69.3 cm³/mol. The summed E-state index contributed by atoms with van der Waals surface area (Å²) in [5, 5.41) is 5.98. The molecule has 1 amide bonds. The Hall–Kier alpha value is -1.20. The number of nitrogens with one attached hydrogen (secondary N) is 2. The van der Waals surface area contributed by atoms with Crippen LogP contribution in [0.3, 0.4) is 0 Å². The van der Waals surface area contributed by atoms with Crippen molar-refractivity contribution in [3.05, 3.63) is 34.4 Å². The van der Waals surface area contributed by atoms with Crippen LogP contribution in [-0.2, 0) is 0 Å². The quantitative estimate of drug-likeness (QED) is 0.821. The molecule has 0 aromatic heterocycles. The maximum Gasteiger partial charge on any atom is 0.253 e. The molecule has 1 fully saturated rings. The first-order valence-corrected chi connectivity index (χ1v) is 6.54. The smallest absolute Gasteiger partial charge is 0.253 e. The molecule has 1 aliphatic heterocycles. The van der Waals surface area contributed by atoms with Gasteiger partial charge < -0.3 is 10.6 Å². The first-order chi connectivity index (χ1) is 8.97. The fraction of sp³-hybridized carbons (Fsp3) is 0.462. The SMILES string of the molecule is CC1CC(NC(=O)c2cc(F)c(F)cc2Cl)CCN1. The van der Waals surface area contributed by atoms with E-state index in [0.717, 1.165) is 31.5 Å². The molecule has 2 rings (SSSR count). The van der Waals surface area contributed by atoms with E-state index in [0.29, 0.717) is 6.04 Å². The standard InChI is InChI=1S/C13H15ClF2N2O/c1-7-4-8(2-3-17-7)18-13(19)9-5-11(15)12(16)6-10(9)14/h5-8,17H,2-4H2,1H3,(H,18,19). The third-order valence-electron chi connectivity index (χ3n) is 3.21. The average Bonchev–Trinajstić information content (AvgIpc) is 2.33. The van der Waals surface area contributed by atoms with Gasteiger partial charge in [-0.1, -0.05) is 11.6 Å². The number of carbonyl (C=O) groups excluding carboxylic acids is 1. The second-order valence-electron chi connectivity index (χ2n) is 4.80. The second kappa shape index (κ2) is 5.84. The van der Waals surface area contributed by atoms with Crippen molar-refractivity contribution in [2.24, 2.45) is 0 Å². The van der Waals surface area contributed by atoms with Crippen molar-refractivity contribution in [1.29, 1.82) is 0 Å². The first kappa shape index (κ1) is 14.2. The van der Waals surface area contributed by atoms with E-state index in [1.165, 1.54) is 0 Å². The van der Waals surface area contributed by atoms with Crippen LogP contribution in [0.25, 0.3) is 0 Å². The monoisotopic (exact) mass is 288 g/mol. The van der Waals surface area contributed by atoms with Gasteiger partial charge in [-0.25, -0.2) is 8.78 Å². The number of benzene rings is 1. The van der Waals surface area contributed by atoms with Gasteiger partial charge in [0.15, 0.2) is 11.6 Å². The second-order valence-corrected chi connectivity index (χ2v) is 5.20. The van der Waals surface area contributed by atoms with Crippen molar-refractivity contribution in [1.82, 2.24) is 10.6 Å². The van der Waals surface area contributed by atoms with E-state index < -0.39 is 17.5 Å². The Morgan fingerprint density at radius 2 is 2.11 bits per heavy atom. The van der Waals surface area contributed by atoms with Crippen LogP contribution in [0.2, 0.25) is 5.02 Å². The van der Waals surface area contributed by atoms with E-state index in [1.807, 2.05) is 6.92 Å². The highest BCUT2D eigenvalue weighted by Crippen LogP contribution is 2.20. The highest BCUT2D eigenvalue weighted by atomic mass is 35.5. The highest BCUT2D eigenvalue weighted by molar-refractivity contribution is 6.33. The molecule has 0 bridgehead atoms. The fourth-order valence-electron chi connectivity index (χ4n) is 2.22. The molecule has 2 unspecified atom stereocenters. The summed E-state index contributed by atoms with van der Waals surface area (Å²) in [5.41, 5.74) is -0.0354. The molecule has 0 aliphatic carbocycles. The van der Waals surface area contributed by atoms with Gasteiger partial charge >= 0.3 is 0 Å². The molecule has 1 aliphatic rings. The Morgan fingerprint density at radius 3 is 2.79 bits per heavy atom. The molecule has 0 saturated carbocycles. The summed E-state index contributed by atoms with van der Waals surface area (Å²) in [7, 11) is 0. The molecule has 19 heavy (non-hydrogen) atoms. The molecule has 104 valence electrons. The maximum absolute atomic E-state index is 13.1. The van der Waals surface area contributed by atoms with Crippen LogP contribution in [-0.4, -0.2) is 24.5 Å². The molecule has 3 nitrogen and oxygen atoms in total. The van der Waals surface area contributed by atoms with Gasteiger partial charge in [0.05, 0.1) is 10.6 Å². The van der Waals surface area contributed by atoms with E-state index in [2.05, 4.69) is 10.6 Å². The van der Waals surface area contributed by atoms with Crippen LogP contribution in [0.5, 0.6) is 0 Å². The molecule has 1 aromatic carbocycles. The Labute approximate surface area is 115 Å². The zero-order chi connectivity index (χ0) is 14.0. The number of amides is 1. The summed E-state index contributed by atoms with van der Waals surface area (Å²) in [6.45, 7) is 2.85. The summed E-state index contributed by atoms with van der Waals surface area (Å²) in [4.78, 5) is 12.0. The summed E-state index contributed by atoms with van der Waals surface area (Å²) in [6.07, 6.45) is 1.60. The molecule has 1 heterocycles. The lowest BCUT2D eigenvalue weighted by atomic mass is 10.0. The molecule has 0 spiro atoms. The first-order valence-electron chi connectivity index (χ1n) is 6.16. The minimum absolute atomic E-state index is 0.0212. The Kier molecular flexibility index (Phi) is 4.37. The summed E-state index contributed by atoms with van der Waals surface area (Å²) in [5.74, 6) is -2.60. The van der Waals surface area contributed by atoms with E-state index in [-0.39, 0.29) is 16.6 Å². The molecule has 0 radical (unpaired) electrons. The number of rotatable bonds is 2. The highest BCUT2D eigenvalue weighted by Gasteiger charge is 2.22. The van der Waals surface area contributed by atoms with Gasteiger partial charge in [-0.15, -0.1) is 0 Å². The molecular weight excluding hydrogens is 274 g/mol. The maximum atomic E-state index is 13.1. The zero-order valence-electron chi connectivity index (χ0n) is 10.5. The summed E-state index contributed by atoms with van der Waals surface area (Å²) < 4.78 is 26.1. The minimum Gasteiger partial charge on any atom is -0.349 e. The van der Waals surface area contributed by atoms with Crippen LogP contribution in [0, 0.1) is 11.6 Å². The van der Waals surface area contributed by atoms with Crippen LogP contribution in [0.1, 0.15) is 30.1 Å². The number of carbonyl (C=O) groups is 1. The van der Waals surface area contributed by atoms with E-state index in [4.69, 9.17) is 11.6 Å². The number of hydrogen-bond donors (Lipinski definition) is 2. The van der Waals surface area contributed by atoms with Gasteiger partial charge in [0.2, 0.25) is 0 Å². The zero-order valence-corrected chi connectivity index (χ0v) is 11.2. The van der Waals surface area contributed by atoms with Gasteiger partial charge in [0, 0.05) is 12.1 Å². The number of halogens is 3. The third kappa shape index (κ3) is 3.42. The Bertz CT molecular complexity index is 496. The Morgan fingerprint density at radius 1 is 1.42 bits per heavy atom. The molecule has 2 N–H and O–H groups in total. The van der Waals surface area contributed by atoms with Crippen LogP contribution < -0.4 is 10.6 Å². The van der Waals surface area contributed by atoms with Gasteiger partial charge in [0.1, 0.15) is 0 Å². The lowest BCUT2D eigenvalue weighted by molar-refractivity contribution is 0.0925. The molecule has 6 heteroatoms. The lowest BCUT2D eigenvalue weighted by Gasteiger charge is -2.28. The van der Waals surface area contributed by atoms with Crippen molar-refractivity contribution in [3.63, 3.8) is 0 Å². The van der Waals surface area contributed by atoms with Crippen molar-refractivity contribution in [3.8, 4) is 0 Å². The van der Waals surface area contributed by atoms with E-state index >= 15 is 0 Å². The van der Waals surface area contributed by atoms with Gasteiger partial charge in [-0.2, -0.15) is 0 Å². The topological polar surface area (TPSA) is 41.1 Å². The van der Waals surface area contributed by atoms with E-state index in [9.17, 15) is 13.6 Å². The third-order valence-corrected chi connectivity index (χ3v) is 3.53. The van der Waals surface area contributed by atoms with Crippen molar-refractivity contribution >= 4 is 17.5 Å². The largest absolute Gasteiger partial charge is 0.349 e. The van der Waals surface area contributed by atoms with E-state index in [1.54, 1.807) is 0 Å². The number of piperidine rings is 1.